The number of nitrogens with two attached hydrogens (primary N) is 1. The van der Waals surface area contributed by atoms with Gasteiger partial charge in [-0.2, -0.15) is 24.4 Å². The van der Waals surface area contributed by atoms with Crippen LogP contribution in [0.1, 0.15) is 12.8 Å². The van der Waals surface area contributed by atoms with Crippen LogP contribution >= 0.6 is 24.4 Å². The molecule has 1 saturated heterocycles. The third-order valence-electron chi connectivity index (χ3n) is 5.87. The highest BCUT2D eigenvalue weighted by atomic mass is 32.2. The van der Waals surface area contributed by atoms with E-state index in [9.17, 15) is 14.7 Å². The Kier molecular flexibility index (Phi) is 10.1. The van der Waals surface area contributed by atoms with E-state index in [1.54, 1.807) is 11.8 Å². The van der Waals surface area contributed by atoms with E-state index in [2.05, 4.69) is 17.9 Å². The van der Waals surface area contributed by atoms with Gasteiger partial charge in [-0.25, -0.2) is 4.79 Å². The number of fused-ring (bicyclic) bond motifs is 1. The number of thiol groups is 1. The number of hydrogen-bond acceptors (Lipinski definition) is 7. The Balaban J connectivity index is 1.75. The quantitative estimate of drug-likeness (QED) is 0.261. The molecule has 2 aromatic rings. The molecule has 2 aromatic carbocycles. The minimum absolute atomic E-state index is 0.163. The maximum Gasteiger partial charge on any atom is 0.326 e. The molecule has 0 radical (unpaired) electrons. The first-order valence-corrected chi connectivity index (χ1v) is 13.4. The Labute approximate surface area is 210 Å². The van der Waals surface area contributed by atoms with E-state index >= 15 is 0 Å². The average molecular weight is 504 g/mol. The van der Waals surface area contributed by atoms with Crippen molar-refractivity contribution in [3.05, 3.63) is 54.6 Å². The third kappa shape index (κ3) is 7.15. The summed E-state index contributed by atoms with van der Waals surface area (Å²) in [6.45, 7) is 1.06. The number of ether oxygens (including phenoxy) is 1. The van der Waals surface area contributed by atoms with Gasteiger partial charge < -0.3 is 20.9 Å². The van der Waals surface area contributed by atoms with Gasteiger partial charge in [0.15, 0.2) is 0 Å². The normalized spacial score (nSPS) is 20.4. The highest BCUT2D eigenvalue weighted by Gasteiger charge is 2.38. The van der Waals surface area contributed by atoms with Crippen molar-refractivity contribution in [2.24, 2.45) is 5.73 Å². The van der Waals surface area contributed by atoms with Crippen molar-refractivity contribution in [3.63, 3.8) is 0 Å². The van der Waals surface area contributed by atoms with Crippen molar-refractivity contribution in [1.29, 1.82) is 0 Å². The van der Waals surface area contributed by atoms with Crippen LogP contribution in [0, 0.1) is 0 Å². The molecule has 0 bridgehead atoms. The number of hydrogen-bond donors (Lipinski definition) is 4. The molecule has 1 aliphatic rings. The van der Waals surface area contributed by atoms with Crippen LogP contribution < -0.4 is 15.8 Å². The van der Waals surface area contributed by atoms with E-state index in [1.807, 2.05) is 65.8 Å². The maximum absolute atomic E-state index is 13.2. The summed E-state index contributed by atoms with van der Waals surface area (Å²) in [5.74, 6) is 0.658. The van der Waals surface area contributed by atoms with Gasteiger partial charge in [0.25, 0.3) is 0 Å². The molecule has 1 aliphatic heterocycles. The number of nitrogens with one attached hydrogen (secondary N) is 1. The molecule has 4 N–H and O–H groups in total. The number of aliphatic carboxylic acids is 1. The Morgan fingerprint density at radius 3 is 2.82 bits per heavy atom. The van der Waals surface area contributed by atoms with Gasteiger partial charge in [-0.1, -0.05) is 48.6 Å². The highest BCUT2D eigenvalue weighted by Crippen LogP contribution is 2.29. The second-order valence-electron chi connectivity index (χ2n) is 8.38. The zero-order valence-electron chi connectivity index (χ0n) is 19.3. The summed E-state index contributed by atoms with van der Waals surface area (Å²) >= 11 is 5.75. The molecule has 7 nitrogen and oxygen atoms in total. The van der Waals surface area contributed by atoms with Gasteiger partial charge in [0.2, 0.25) is 5.91 Å². The summed E-state index contributed by atoms with van der Waals surface area (Å²) in [5, 5.41) is 14.4. The van der Waals surface area contributed by atoms with Crippen LogP contribution in [-0.2, 0) is 9.59 Å². The van der Waals surface area contributed by atoms with E-state index in [-0.39, 0.29) is 18.1 Å². The largest absolute Gasteiger partial charge is 0.488 e. The fraction of sp³-hybridized carbons (Fsp3) is 0.440. The van der Waals surface area contributed by atoms with Gasteiger partial charge >= 0.3 is 5.97 Å². The first-order chi connectivity index (χ1) is 16.4. The number of carboxylic acids is 1. The van der Waals surface area contributed by atoms with E-state index in [1.165, 1.54) is 0 Å². The highest BCUT2D eigenvalue weighted by molar-refractivity contribution is 7.98. The van der Waals surface area contributed by atoms with E-state index < -0.39 is 18.1 Å². The molecular formula is C25H33N3O4S2. The van der Waals surface area contributed by atoms with Crippen molar-refractivity contribution < 1.29 is 19.4 Å². The summed E-state index contributed by atoms with van der Waals surface area (Å²) in [7, 11) is 0. The Hall–Kier alpha value is -2.20. The fourth-order valence-corrected chi connectivity index (χ4v) is 4.69. The zero-order valence-corrected chi connectivity index (χ0v) is 21.0. The topological polar surface area (TPSA) is 105 Å². The van der Waals surface area contributed by atoms with Gasteiger partial charge in [0, 0.05) is 36.7 Å². The molecule has 3 rings (SSSR count). The van der Waals surface area contributed by atoms with E-state index in [0.717, 1.165) is 16.5 Å². The third-order valence-corrected chi connectivity index (χ3v) is 6.94. The molecule has 4 atom stereocenters. The summed E-state index contributed by atoms with van der Waals surface area (Å²) in [5.41, 5.74) is 5.93. The smallest absolute Gasteiger partial charge is 0.326 e. The predicted octanol–water partition coefficient (Wildman–Crippen LogP) is 2.80. The molecule has 34 heavy (non-hydrogen) atoms. The van der Waals surface area contributed by atoms with Gasteiger partial charge in [0.1, 0.15) is 17.9 Å². The maximum atomic E-state index is 13.2. The van der Waals surface area contributed by atoms with Crippen molar-refractivity contribution >= 4 is 47.0 Å². The van der Waals surface area contributed by atoms with Crippen LogP contribution in [-0.4, -0.2) is 77.0 Å². The molecule has 1 unspecified atom stereocenters. The lowest BCUT2D eigenvalue weighted by Crippen LogP contribution is -2.49. The number of carbonyl (C=O) groups is 2. The van der Waals surface area contributed by atoms with E-state index in [0.29, 0.717) is 37.4 Å². The molecule has 184 valence electrons. The van der Waals surface area contributed by atoms with Crippen molar-refractivity contribution in [3.8, 4) is 5.75 Å². The second kappa shape index (κ2) is 13.0. The number of thioether (sulfide) groups is 1. The standard InChI is InChI=1S/C25H33N3O4S2/c1-34-13-11-21(25(30)31)27-24(29)22-14-19(15-28(22)12-5-8-18(26)16-33)32-23-10-4-7-17-6-2-3-9-20(17)23/h2-10,18-19,21-22,33H,11-16,26H2,1H3,(H,27,29)(H,30,31)/t18?,19-,21-,22-/m0/s1. The Morgan fingerprint density at radius 1 is 1.32 bits per heavy atom. The molecule has 0 aliphatic carbocycles. The lowest BCUT2D eigenvalue weighted by Gasteiger charge is -2.24. The summed E-state index contributed by atoms with van der Waals surface area (Å²) in [6.07, 6.45) is 6.36. The first kappa shape index (κ1) is 26.4. The average Bonchev–Trinajstić information content (AvgIpc) is 3.24. The van der Waals surface area contributed by atoms with Crippen LogP contribution in [0.2, 0.25) is 0 Å². The lowest BCUT2D eigenvalue weighted by molar-refractivity contribution is -0.142. The van der Waals surface area contributed by atoms with Crippen molar-refractivity contribution in [2.45, 2.75) is 37.1 Å². The minimum Gasteiger partial charge on any atom is -0.488 e. The summed E-state index contributed by atoms with van der Waals surface area (Å²) in [4.78, 5) is 26.8. The molecule has 1 fully saturated rings. The van der Waals surface area contributed by atoms with Gasteiger partial charge in [-0.3, -0.25) is 9.69 Å². The molecule has 1 heterocycles. The number of amides is 1. The number of likely N-dealkylation sites (tertiary alicyclic amines) is 1. The number of carboxylic acid groups (broad SMARTS) is 1. The van der Waals surface area contributed by atoms with Gasteiger partial charge in [-0.15, -0.1) is 0 Å². The van der Waals surface area contributed by atoms with Gasteiger partial charge in [0.05, 0.1) is 6.04 Å². The summed E-state index contributed by atoms with van der Waals surface area (Å²) < 4.78 is 6.36. The van der Waals surface area contributed by atoms with Crippen LogP contribution in [0.15, 0.2) is 54.6 Å². The second-order valence-corrected chi connectivity index (χ2v) is 9.73. The lowest BCUT2D eigenvalue weighted by atomic mass is 10.1. The first-order valence-electron chi connectivity index (χ1n) is 11.4. The predicted molar refractivity (Wildman–Crippen MR) is 142 cm³/mol. The Morgan fingerprint density at radius 2 is 2.09 bits per heavy atom. The monoisotopic (exact) mass is 503 g/mol. The summed E-state index contributed by atoms with van der Waals surface area (Å²) in [6, 6.07) is 12.4. The molecule has 9 heteroatoms. The molecule has 0 aromatic heterocycles. The fourth-order valence-electron chi connectivity index (χ4n) is 4.09. The Bertz CT molecular complexity index is 998. The SMILES string of the molecule is CSCC[C@H](NC(=O)[C@@H]1C[C@H](Oc2cccc3ccccc23)CN1CC=CC(N)CS)C(=O)O. The number of benzene rings is 2. The molecule has 0 spiro atoms. The molecule has 1 amide bonds. The molecule has 0 saturated carbocycles. The van der Waals surface area contributed by atoms with Gasteiger partial charge in [-0.05, 0) is 29.9 Å². The van der Waals surface area contributed by atoms with Crippen molar-refractivity contribution in [1.82, 2.24) is 10.2 Å². The van der Waals surface area contributed by atoms with Crippen LogP contribution in [0.5, 0.6) is 5.75 Å². The van der Waals surface area contributed by atoms with Crippen LogP contribution in [0.3, 0.4) is 0 Å². The van der Waals surface area contributed by atoms with Crippen LogP contribution in [0.25, 0.3) is 10.8 Å². The zero-order chi connectivity index (χ0) is 24.5. The minimum atomic E-state index is -1.02. The molecular weight excluding hydrogens is 470 g/mol. The van der Waals surface area contributed by atoms with Crippen LogP contribution in [0.4, 0.5) is 0 Å². The van der Waals surface area contributed by atoms with Crippen molar-refractivity contribution in [2.75, 3.05) is 30.9 Å². The number of nitrogens with zero attached hydrogens (tertiary/aromatic N) is 1. The van der Waals surface area contributed by atoms with E-state index in [4.69, 9.17) is 10.5 Å². The number of rotatable bonds is 12. The number of carbonyl (C=O) groups excluding carboxylic acids is 1.